The minimum atomic E-state index is -3.49. The lowest BCUT2D eigenvalue weighted by atomic mass is 9.87. The topological polar surface area (TPSA) is 63.2 Å². The molecule has 0 radical (unpaired) electrons. The molecule has 1 aromatic carbocycles. The van der Waals surface area contributed by atoms with Crippen molar-refractivity contribution >= 4 is 33.0 Å². The van der Waals surface area contributed by atoms with E-state index in [-0.39, 0.29) is 27.3 Å². The molecule has 0 unspecified atom stereocenters. The molecule has 6 heteroatoms. The summed E-state index contributed by atoms with van der Waals surface area (Å²) in [6, 6.07) is 4.69. The normalized spacial score (nSPS) is 23.7. The second-order valence-electron chi connectivity index (χ2n) is 5.31. The minimum Gasteiger partial charge on any atom is -0.323 e. The van der Waals surface area contributed by atoms with E-state index in [4.69, 9.17) is 11.6 Å². The van der Waals surface area contributed by atoms with Gasteiger partial charge in [0.15, 0.2) is 9.84 Å². The number of sulfone groups is 1. The fourth-order valence-electron chi connectivity index (χ4n) is 3.06. The van der Waals surface area contributed by atoms with Gasteiger partial charge in [-0.15, -0.1) is 0 Å². The molecule has 1 saturated carbocycles. The van der Waals surface area contributed by atoms with Gasteiger partial charge in [0, 0.05) is 0 Å². The van der Waals surface area contributed by atoms with Crippen molar-refractivity contribution in [3.63, 3.8) is 0 Å². The molecule has 1 heterocycles. The maximum atomic E-state index is 12.5. The average molecular weight is 300 g/mol. The van der Waals surface area contributed by atoms with Gasteiger partial charge in [-0.05, 0) is 25.0 Å². The van der Waals surface area contributed by atoms with E-state index in [9.17, 15) is 13.2 Å². The van der Waals surface area contributed by atoms with E-state index in [1.807, 2.05) is 0 Å². The third-order valence-corrected chi connectivity index (χ3v) is 6.32. The summed E-state index contributed by atoms with van der Waals surface area (Å²) >= 11 is 6.02. The largest absolute Gasteiger partial charge is 0.323 e. The number of benzene rings is 1. The van der Waals surface area contributed by atoms with Crippen LogP contribution in [0.25, 0.3) is 0 Å². The first kappa shape index (κ1) is 12.9. The second kappa shape index (κ2) is 4.21. The molecule has 1 aromatic rings. The van der Waals surface area contributed by atoms with Gasteiger partial charge in [-0.1, -0.05) is 30.5 Å². The average Bonchev–Trinajstić information content (AvgIpc) is 2.77. The van der Waals surface area contributed by atoms with Crippen molar-refractivity contribution in [2.45, 2.75) is 30.6 Å². The quantitative estimate of drug-likeness (QED) is 0.801. The first-order valence-corrected chi connectivity index (χ1v) is 8.30. The van der Waals surface area contributed by atoms with Crippen molar-refractivity contribution in [2.24, 2.45) is 5.41 Å². The zero-order valence-corrected chi connectivity index (χ0v) is 11.9. The summed E-state index contributed by atoms with van der Waals surface area (Å²) in [5, 5.41) is 3.00. The Hall–Kier alpha value is -1.07. The fourth-order valence-corrected chi connectivity index (χ4v) is 5.40. The molecular formula is C13H14ClNO3S. The summed E-state index contributed by atoms with van der Waals surface area (Å²) in [4.78, 5) is 12.5. The third kappa shape index (κ3) is 1.96. The van der Waals surface area contributed by atoms with Crippen LogP contribution < -0.4 is 5.32 Å². The van der Waals surface area contributed by atoms with Crippen LogP contribution in [0.5, 0.6) is 0 Å². The smallest absolute Gasteiger partial charge is 0.231 e. The molecule has 102 valence electrons. The van der Waals surface area contributed by atoms with Crippen LogP contribution in [0.2, 0.25) is 5.02 Å². The minimum absolute atomic E-state index is 0.112. The molecule has 1 N–H and O–H groups in total. The monoisotopic (exact) mass is 299 g/mol. The third-order valence-electron chi connectivity index (χ3n) is 4.06. The van der Waals surface area contributed by atoms with Crippen LogP contribution in [-0.2, 0) is 14.6 Å². The summed E-state index contributed by atoms with van der Waals surface area (Å²) in [5.41, 5.74) is -0.542. The number of carbonyl (C=O) groups excluding carboxylic acids is 1. The van der Waals surface area contributed by atoms with Gasteiger partial charge < -0.3 is 5.32 Å². The molecule has 4 nitrogen and oxygen atoms in total. The van der Waals surface area contributed by atoms with Crippen LogP contribution in [0.1, 0.15) is 25.7 Å². The lowest BCUT2D eigenvalue weighted by Gasteiger charge is -2.24. The van der Waals surface area contributed by atoms with E-state index in [0.29, 0.717) is 12.8 Å². The molecule has 2 aliphatic rings. The number of hydrogen-bond acceptors (Lipinski definition) is 3. The van der Waals surface area contributed by atoms with Gasteiger partial charge in [0.05, 0.1) is 26.8 Å². The highest BCUT2D eigenvalue weighted by Crippen LogP contribution is 2.45. The Balaban J connectivity index is 2.19. The van der Waals surface area contributed by atoms with Gasteiger partial charge in [0.2, 0.25) is 5.91 Å². The predicted molar refractivity (Wildman–Crippen MR) is 73.0 cm³/mol. The number of nitrogens with one attached hydrogen (secondary N) is 1. The van der Waals surface area contributed by atoms with Crippen molar-refractivity contribution in [1.29, 1.82) is 0 Å². The van der Waals surface area contributed by atoms with E-state index >= 15 is 0 Å². The molecule has 0 saturated heterocycles. The van der Waals surface area contributed by atoms with Crippen molar-refractivity contribution in [1.82, 2.24) is 0 Å². The fraction of sp³-hybridized carbons (Fsp3) is 0.462. The van der Waals surface area contributed by atoms with Crippen LogP contribution in [0, 0.1) is 5.41 Å². The Morgan fingerprint density at radius 3 is 2.58 bits per heavy atom. The highest BCUT2D eigenvalue weighted by atomic mass is 35.5. The molecule has 3 rings (SSSR count). The predicted octanol–water partition coefficient (Wildman–Crippen LogP) is 2.63. The van der Waals surface area contributed by atoms with Crippen LogP contribution in [0.15, 0.2) is 23.1 Å². The van der Waals surface area contributed by atoms with Gasteiger partial charge in [-0.25, -0.2) is 8.42 Å². The standard InChI is InChI=1S/C13H14ClNO3S/c14-9-4-3-5-10-11(9)15-12(16)13(6-1-2-7-13)8-19(10,17)18/h3-5H,1-2,6-8H2,(H,15,16). The Kier molecular flexibility index (Phi) is 2.87. The first-order chi connectivity index (χ1) is 8.95. The molecule has 1 aliphatic carbocycles. The number of halogens is 1. The molecular weight excluding hydrogens is 286 g/mol. The van der Waals surface area contributed by atoms with E-state index in [1.54, 1.807) is 12.1 Å². The number of carbonyl (C=O) groups is 1. The number of anilines is 1. The zero-order valence-electron chi connectivity index (χ0n) is 10.3. The van der Waals surface area contributed by atoms with Crippen LogP contribution >= 0.6 is 11.6 Å². The van der Waals surface area contributed by atoms with Gasteiger partial charge in [-0.2, -0.15) is 0 Å². The van der Waals surface area contributed by atoms with Gasteiger partial charge in [0.25, 0.3) is 0 Å². The lowest BCUT2D eigenvalue weighted by Crippen LogP contribution is -2.37. The first-order valence-electron chi connectivity index (χ1n) is 6.27. The Morgan fingerprint density at radius 1 is 1.21 bits per heavy atom. The van der Waals surface area contributed by atoms with E-state index in [0.717, 1.165) is 12.8 Å². The van der Waals surface area contributed by atoms with Gasteiger partial charge in [0.1, 0.15) is 0 Å². The summed E-state index contributed by atoms with van der Waals surface area (Å²) < 4.78 is 25.0. The van der Waals surface area contributed by atoms with Gasteiger partial charge in [-0.3, -0.25) is 4.79 Å². The van der Waals surface area contributed by atoms with E-state index in [1.165, 1.54) is 6.07 Å². The number of fused-ring (bicyclic) bond motifs is 1. The van der Waals surface area contributed by atoms with Gasteiger partial charge >= 0.3 is 0 Å². The van der Waals surface area contributed by atoms with Crippen molar-refractivity contribution in [2.75, 3.05) is 11.1 Å². The molecule has 1 amide bonds. The number of hydrogen-bond donors (Lipinski definition) is 1. The Morgan fingerprint density at radius 2 is 1.89 bits per heavy atom. The number of amides is 1. The lowest BCUT2D eigenvalue weighted by molar-refractivity contribution is -0.124. The maximum absolute atomic E-state index is 12.5. The van der Waals surface area contributed by atoms with Crippen molar-refractivity contribution in [3.8, 4) is 0 Å². The molecule has 0 aromatic heterocycles. The second-order valence-corrected chi connectivity index (χ2v) is 7.68. The molecule has 1 fully saturated rings. The van der Waals surface area contributed by atoms with Crippen LogP contribution in [-0.4, -0.2) is 20.1 Å². The van der Waals surface area contributed by atoms with E-state index < -0.39 is 15.3 Å². The summed E-state index contributed by atoms with van der Waals surface area (Å²) in [6.07, 6.45) is 3.05. The molecule has 0 atom stereocenters. The summed E-state index contributed by atoms with van der Waals surface area (Å²) in [7, 11) is -3.49. The molecule has 1 spiro atoms. The molecule has 1 aliphatic heterocycles. The Bertz CT molecular complexity index is 648. The molecule has 0 bridgehead atoms. The number of para-hydroxylation sites is 1. The zero-order chi connectivity index (χ0) is 13.7. The number of rotatable bonds is 0. The SMILES string of the molecule is O=C1Nc2c(Cl)cccc2S(=O)(=O)CC12CCCC2. The van der Waals surface area contributed by atoms with Crippen molar-refractivity contribution in [3.05, 3.63) is 23.2 Å². The van der Waals surface area contributed by atoms with Crippen molar-refractivity contribution < 1.29 is 13.2 Å². The summed E-state index contributed by atoms with van der Waals surface area (Å²) in [5.74, 6) is -0.320. The van der Waals surface area contributed by atoms with Crippen LogP contribution in [0.3, 0.4) is 0 Å². The molecule has 19 heavy (non-hydrogen) atoms. The summed E-state index contributed by atoms with van der Waals surface area (Å²) in [6.45, 7) is 0. The maximum Gasteiger partial charge on any atom is 0.231 e. The highest BCUT2D eigenvalue weighted by molar-refractivity contribution is 7.91. The van der Waals surface area contributed by atoms with Crippen LogP contribution in [0.4, 0.5) is 5.69 Å². The highest BCUT2D eigenvalue weighted by Gasteiger charge is 2.47. The Labute approximate surface area is 117 Å². The van der Waals surface area contributed by atoms with E-state index in [2.05, 4.69) is 5.32 Å².